The van der Waals surface area contributed by atoms with Crippen LogP contribution in [0.3, 0.4) is 0 Å². The number of piperazine rings is 1. The summed E-state index contributed by atoms with van der Waals surface area (Å²) in [6.07, 6.45) is 0. The van der Waals surface area contributed by atoms with Gasteiger partial charge in [-0.3, -0.25) is 14.5 Å². The predicted octanol–water partition coefficient (Wildman–Crippen LogP) is 0.977. The van der Waals surface area contributed by atoms with Crippen molar-refractivity contribution < 1.29 is 19.1 Å². The van der Waals surface area contributed by atoms with Crippen LogP contribution >= 0.6 is 0 Å². The molecular weight excluding hydrogens is 263 g/mol. The topological polar surface area (TPSA) is 60.9 Å². The Morgan fingerprint density at radius 3 is 2.45 bits per heavy atom. The number of rotatable bonds is 3. The molecule has 0 radical (unpaired) electrons. The van der Waals surface area contributed by atoms with Gasteiger partial charge in [-0.15, -0.1) is 0 Å². The summed E-state index contributed by atoms with van der Waals surface area (Å²) in [4.78, 5) is 26.3. The molecule has 108 valence electrons. The lowest BCUT2D eigenvalue weighted by Gasteiger charge is -2.33. The fourth-order valence-electron chi connectivity index (χ4n) is 2.26. The third kappa shape index (κ3) is 3.33. The van der Waals surface area contributed by atoms with Crippen molar-refractivity contribution in [3.63, 3.8) is 0 Å². The molecule has 0 bridgehead atoms. The van der Waals surface area contributed by atoms with E-state index in [-0.39, 0.29) is 18.3 Å². The number of nitrogens with zero attached hydrogens (tertiary/aromatic N) is 2. The maximum absolute atomic E-state index is 13.2. The summed E-state index contributed by atoms with van der Waals surface area (Å²) in [7, 11) is 0. The summed E-state index contributed by atoms with van der Waals surface area (Å²) in [6.45, 7) is 3.68. The first-order valence-corrected chi connectivity index (χ1v) is 6.47. The van der Waals surface area contributed by atoms with Gasteiger partial charge in [-0.2, -0.15) is 0 Å². The lowest BCUT2D eigenvalue weighted by Crippen LogP contribution is -2.49. The Bertz CT molecular complexity index is 525. The van der Waals surface area contributed by atoms with E-state index >= 15 is 0 Å². The number of aryl methyl sites for hydroxylation is 1. The van der Waals surface area contributed by atoms with Gasteiger partial charge in [-0.1, -0.05) is 0 Å². The zero-order valence-electron chi connectivity index (χ0n) is 11.3. The molecule has 6 heteroatoms. The zero-order valence-corrected chi connectivity index (χ0v) is 11.3. The second kappa shape index (κ2) is 6.00. The van der Waals surface area contributed by atoms with Crippen molar-refractivity contribution in [3.05, 3.63) is 35.1 Å². The number of halogens is 1. The minimum atomic E-state index is -0.862. The Balaban J connectivity index is 1.97. The highest BCUT2D eigenvalue weighted by molar-refractivity contribution is 5.94. The quantitative estimate of drug-likeness (QED) is 0.896. The van der Waals surface area contributed by atoms with Crippen molar-refractivity contribution in [1.82, 2.24) is 9.80 Å². The molecule has 0 unspecified atom stereocenters. The largest absolute Gasteiger partial charge is 0.480 e. The first-order chi connectivity index (χ1) is 9.47. The van der Waals surface area contributed by atoms with Crippen molar-refractivity contribution in [3.8, 4) is 0 Å². The molecular formula is C14H17FN2O3. The van der Waals surface area contributed by atoms with E-state index in [0.717, 1.165) is 0 Å². The van der Waals surface area contributed by atoms with E-state index in [1.54, 1.807) is 22.8 Å². The molecule has 1 aliphatic rings. The third-order valence-corrected chi connectivity index (χ3v) is 3.42. The van der Waals surface area contributed by atoms with Gasteiger partial charge in [-0.25, -0.2) is 4.39 Å². The Hall–Kier alpha value is -1.95. The van der Waals surface area contributed by atoms with Crippen LogP contribution in [0.15, 0.2) is 18.2 Å². The molecule has 1 aliphatic heterocycles. The molecule has 1 aromatic rings. The van der Waals surface area contributed by atoms with Crippen molar-refractivity contribution in [1.29, 1.82) is 0 Å². The highest BCUT2D eigenvalue weighted by atomic mass is 19.1. The summed E-state index contributed by atoms with van der Waals surface area (Å²) in [5.74, 6) is -1.32. The molecule has 2 rings (SSSR count). The molecule has 1 aromatic carbocycles. The average Bonchev–Trinajstić information content (AvgIpc) is 2.41. The van der Waals surface area contributed by atoms with E-state index in [0.29, 0.717) is 37.3 Å². The van der Waals surface area contributed by atoms with E-state index < -0.39 is 5.97 Å². The predicted molar refractivity (Wildman–Crippen MR) is 71.1 cm³/mol. The van der Waals surface area contributed by atoms with Crippen LogP contribution < -0.4 is 0 Å². The minimum absolute atomic E-state index is 0.00229. The molecule has 5 nitrogen and oxygen atoms in total. The lowest BCUT2D eigenvalue weighted by atomic mass is 10.1. The fourth-order valence-corrected chi connectivity index (χ4v) is 2.26. The highest BCUT2D eigenvalue weighted by Crippen LogP contribution is 2.13. The summed E-state index contributed by atoms with van der Waals surface area (Å²) in [5.41, 5.74) is 0.913. The van der Waals surface area contributed by atoms with E-state index in [1.165, 1.54) is 12.1 Å². The molecule has 0 spiro atoms. The van der Waals surface area contributed by atoms with Crippen LogP contribution in [0.25, 0.3) is 0 Å². The second-order valence-electron chi connectivity index (χ2n) is 4.93. The third-order valence-electron chi connectivity index (χ3n) is 3.42. The maximum Gasteiger partial charge on any atom is 0.317 e. The normalized spacial score (nSPS) is 16.2. The number of hydrogen-bond donors (Lipinski definition) is 1. The number of aliphatic carboxylic acids is 1. The first-order valence-electron chi connectivity index (χ1n) is 6.47. The van der Waals surface area contributed by atoms with E-state index in [9.17, 15) is 14.0 Å². The van der Waals surface area contributed by atoms with Crippen LogP contribution in [0.2, 0.25) is 0 Å². The van der Waals surface area contributed by atoms with Crippen molar-refractivity contribution in [2.75, 3.05) is 32.7 Å². The van der Waals surface area contributed by atoms with Crippen LogP contribution in [0, 0.1) is 12.7 Å². The van der Waals surface area contributed by atoms with Gasteiger partial charge in [0.2, 0.25) is 0 Å². The van der Waals surface area contributed by atoms with Crippen LogP contribution in [0.4, 0.5) is 4.39 Å². The molecule has 0 atom stereocenters. The first kappa shape index (κ1) is 14.5. The standard InChI is InChI=1S/C14H17FN2O3/c1-10-8-11(2-3-12(10)15)14(20)17-6-4-16(5-7-17)9-13(18)19/h2-3,8H,4-7,9H2,1H3,(H,18,19). The molecule has 0 saturated carbocycles. The van der Waals surface area contributed by atoms with Crippen molar-refractivity contribution >= 4 is 11.9 Å². The van der Waals surface area contributed by atoms with Gasteiger partial charge in [0.25, 0.3) is 5.91 Å². The number of hydrogen-bond acceptors (Lipinski definition) is 3. The Labute approximate surface area is 116 Å². The number of benzene rings is 1. The molecule has 20 heavy (non-hydrogen) atoms. The minimum Gasteiger partial charge on any atom is -0.480 e. The summed E-state index contributed by atoms with van der Waals surface area (Å²) < 4.78 is 13.2. The zero-order chi connectivity index (χ0) is 14.7. The van der Waals surface area contributed by atoms with E-state index in [1.807, 2.05) is 0 Å². The second-order valence-corrected chi connectivity index (χ2v) is 4.93. The fraction of sp³-hybridized carbons (Fsp3) is 0.429. The molecule has 0 aromatic heterocycles. The number of carbonyl (C=O) groups is 2. The Kier molecular flexibility index (Phi) is 4.34. The Morgan fingerprint density at radius 2 is 1.90 bits per heavy atom. The van der Waals surface area contributed by atoms with Gasteiger partial charge in [0.15, 0.2) is 0 Å². The summed E-state index contributed by atoms with van der Waals surface area (Å²) >= 11 is 0. The maximum atomic E-state index is 13.2. The number of amides is 1. The highest BCUT2D eigenvalue weighted by Gasteiger charge is 2.23. The van der Waals surface area contributed by atoms with Gasteiger partial charge in [-0.05, 0) is 30.7 Å². The van der Waals surface area contributed by atoms with E-state index in [2.05, 4.69) is 0 Å². The van der Waals surface area contributed by atoms with Gasteiger partial charge < -0.3 is 10.0 Å². The SMILES string of the molecule is Cc1cc(C(=O)N2CCN(CC(=O)O)CC2)ccc1F. The number of carboxylic acid groups (broad SMARTS) is 1. The summed E-state index contributed by atoms with van der Waals surface area (Å²) in [6, 6.07) is 4.32. The van der Waals surface area contributed by atoms with E-state index in [4.69, 9.17) is 5.11 Å². The molecule has 1 fully saturated rings. The number of carbonyl (C=O) groups excluding carboxylic acids is 1. The lowest BCUT2D eigenvalue weighted by molar-refractivity contribution is -0.138. The summed E-state index contributed by atoms with van der Waals surface area (Å²) in [5, 5.41) is 8.72. The molecule has 1 heterocycles. The van der Waals surface area contributed by atoms with Gasteiger partial charge in [0, 0.05) is 31.7 Å². The van der Waals surface area contributed by atoms with Crippen molar-refractivity contribution in [2.45, 2.75) is 6.92 Å². The Morgan fingerprint density at radius 1 is 1.25 bits per heavy atom. The number of carboxylic acids is 1. The smallest absolute Gasteiger partial charge is 0.317 e. The van der Waals surface area contributed by atoms with Crippen LogP contribution in [0.1, 0.15) is 15.9 Å². The molecule has 1 N–H and O–H groups in total. The molecule has 0 aliphatic carbocycles. The average molecular weight is 280 g/mol. The molecule has 1 amide bonds. The monoisotopic (exact) mass is 280 g/mol. The van der Waals surface area contributed by atoms with Crippen LogP contribution in [0.5, 0.6) is 0 Å². The van der Waals surface area contributed by atoms with Gasteiger partial charge >= 0.3 is 5.97 Å². The van der Waals surface area contributed by atoms with Gasteiger partial charge in [0.05, 0.1) is 6.54 Å². The van der Waals surface area contributed by atoms with Gasteiger partial charge in [0.1, 0.15) is 5.82 Å². The van der Waals surface area contributed by atoms with Crippen LogP contribution in [-0.2, 0) is 4.79 Å². The van der Waals surface area contributed by atoms with Crippen LogP contribution in [-0.4, -0.2) is 59.5 Å². The molecule has 1 saturated heterocycles. The van der Waals surface area contributed by atoms with Crippen molar-refractivity contribution in [2.24, 2.45) is 0 Å².